The van der Waals surface area contributed by atoms with Crippen LogP contribution in [0.4, 0.5) is 5.69 Å². The minimum atomic E-state index is 1.01. The first-order chi connectivity index (χ1) is 9.83. The normalized spacial score (nSPS) is 15.3. The van der Waals surface area contributed by atoms with Crippen LogP contribution in [0.5, 0.6) is 0 Å². The molecule has 1 fully saturated rings. The standard InChI is InChI=1S/C18H20BrN/c19-17-10-8-15(9-11-17)14-16-6-2-3-7-18(16)20-12-4-1-5-13-20/h2-3,6-11H,1,4-5,12-14H2. The van der Waals surface area contributed by atoms with Gasteiger partial charge in [0.2, 0.25) is 0 Å². The topological polar surface area (TPSA) is 3.24 Å². The highest BCUT2D eigenvalue weighted by Crippen LogP contribution is 2.26. The van der Waals surface area contributed by atoms with Gasteiger partial charge in [-0.3, -0.25) is 0 Å². The lowest BCUT2D eigenvalue weighted by molar-refractivity contribution is 0.576. The Kier molecular flexibility index (Phi) is 4.41. The molecule has 2 aromatic carbocycles. The van der Waals surface area contributed by atoms with Crippen LogP contribution in [0, 0.1) is 0 Å². The van der Waals surface area contributed by atoms with Crippen LogP contribution < -0.4 is 4.90 Å². The lowest BCUT2D eigenvalue weighted by Gasteiger charge is -2.30. The van der Waals surface area contributed by atoms with Crippen molar-refractivity contribution in [3.05, 3.63) is 64.1 Å². The highest BCUT2D eigenvalue weighted by Gasteiger charge is 2.14. The van der Waals surface area contributed by atoms with Gasteiger partial charge in [-0.2, -0.15) is 0 Å². The van der Waals surface area contributed by atoms with Crippen LogP contribution >= 0.6 is 15.9 Å². The molecule has 0 unspecified atom stereocenters. The van der Waals surface area contributed by atoms with Gasteiger partial charge in [0.1, 0.15) is 0 Å². The SMILES string of the molecule is Brc1ccc(Cc2ccccc2N2CCCCC2)cc1. The molecule has 1 aliphatic rings. The van der Waals surface area contributed by atoms with Crippen molar-refractivity contribution in [1.82, 2.24) is 0 Å². The first-order valence-electron chi connectivity index (χ1n) is 7.40. The fourth-order valence-corrected chi connectivity index (χ4v) is 3.19. The molecule has 0 spiro atoms. The van der Waals surface area contributed by atoms with Crippen molar-refractivity contribution in [3.8, 4) is 0 Å². The zero-order valence-electron chi connectivity index (χ0n) is 11.7. The molecule has 0 amide bonds. The van der Waals surface area contributed by atoms with Crippen LogP contribution in [0.3, 0.4) is 0 Å². The molecule has 0 atom stereocenters. The van der Waals surface area contributed by atoms with Gasteiger partial charge in [0.15, 0.2) is 0 Å². The van der Waals surface area contributed by atoms with E-state index in [-0.39, 0.29) is 0 Å². The predicted octanol–water partition coefficient (Wildman–Crippen LogP) is 5.03. The van der Waals surface area contributed by atoms with Gasteiger partial charge in [-0.1, -0.05) is 46.3 Å². The summed E-state index contributed by atoms with van der Waals surface area (Å²) >= 11 is 3.50. The Morgan fingerprint density at radius 2 is 1.55 bits per heavy atom. The largest absolute Gasteiger partial charge is 0.371 e. The highest BCUT2D eigenvalue weighted by molar-refractivity contribution is 9.10. The number of hydrogen-bond acceptors (Lipinski definition) is 1. The third kappa shape index (κ3) is 3.24. The number of piperidine rings is 1. The van der Waals surface area contributed by atoms with E-state index in [0.717, 1.165) is 10.9 Å². The van der Waals surface area contributed by atoms with E-state index < -0.39 is 0 Å². The number of rotatable bonds is 3. The molecule has 0 radical (unpaired) electrons. The molecule has 1 saturated heterocycles. The van der Waals surface area contributed by atoms with E-state index in [9.17, 15) is 0 Å². The molecule has 3 rings (SSSR count). The predicted molar refractivity (Wildman–Crippen MR) is 89.5 cm³/mol. The van der Waals surface area contributed by atoms with Gasteiger partial charge >= 0.3 is 0 Å². The van der Waals surface area contributed by atoms with Crippen molar-refractivity contribution < 1.29 is 0 Å². The Morgan fingerprint density at radius 3 is 2.30 bits per heavy atom. The lowest BCUT2D eigenvalue weighted by Crippen LogP contribution is -2.30. The second-order valence-electron chi connectivity index (χ2n) is 5.48. The first kappa shape index (κ1) is 13.7. The van der Waals surface area contributed by atoms with Crippen LogP contribution in [0.25, 0.3) is 0 Å². The molecule has 20 heavy (non-hydrogen) atoms. The quantitative estimate of drug-likeness (QED) is 0.763. The Labute approximate surface area is 129 Å². The van der Waals surface area contributed by atoms with Crippen molar-refractivity contribution in [2.75, 3.05) is 18.0 Å². The number of benzene rings is 2. The summed E-state index contributed by atoms with van der Waals surface area (Å²) in [6.07, 6.45) is 5.05. The molecular weight excluding hydrogens is 310 g/mol. The number of halogens is 1. The van der Waals surface area contributed by atoms with Gasteiger partial charge in [-0.15, -0.1) is 0 Å². The summed E-state index contributed by atoms with van der Waals surface area (Å²) in [5, 5.41) is 0. The summed E-state index contributed by atoms with van der Waals surface area (Å²) in [5.41, 5.74) is 4.24. The number of nitrogens with zero attached hydrogens (tertiary/aromatic N) is 1. The summed E-state index contributed by atoms with van der Waals surface area (Å²) in [5.74, 6) is 0. The molecule has 104 valence electrons. The van der Waals surface area contributed by atoms with Crippen LogP contribution in [0.1, 0.15) is 30.4 Å². The van der Waals surface area contributed by atoms with Gasteiger partial charge < -0.3 is 4.90 Å². The van der Waals surface area contributed by atoms with Crippen molar-refractivity contribution in [3.63, 3.8) is 0 Å². The minimum Gasteiger partial charge on any atom is -0.371 e. The Hall–Kier alpha value is -1.28. The second kappa shape index (κ2) is 6.45. The zero-order chi connectivity index (χ0) is 13.8. The summed E-state index contributed by atoms with van der Waals surface area (Å²) in [7, 11) is 0. The van der Waals surface area contributed by atoms with Gasteiger partial charge in [0, 0.05) is 23.2 Å². The molecule has 1 heterocycles. The van der Waals surface area contributed by atoms with E-state index in [1.165, 1.54) is 49.2 Å². The molecular formula is C18H20BrN. The zero-order valence-corrected chi connectivity index (χ0v) is 13.3. The summed E-state index contributed by atoms with van der Waals surface area (Å²) in [4.78, 5) is 2.55. The van der Waals surface area contributed by atoms with E-state index in [2.05, 4.69) is 69.4 Å². The van der Waals surface area contributed by atoms with E-state index in [4.69, 9.17) is 0 Å². The average molecular weight is 330 g/mol. The number of anilines is 1. The van der Waals surface area contributed by atoms with Gasteiger partial charge in [0.05, 0.1) is 0 Å². The monoisotopic (exact) mass is 329 g/mol. The van der Waals surface area contributed by atoms with E-state index in [0.29, 0.717) is 0 Å². The fraction of sp³-hybridized carbons (Fsp3) is 0.333. The average Bonchev–Trinajstić information content (AvgIpc) is 2.51. The molecule has 2 aromatic rings. The summed E-state index contributed by atoms with van der Waals surface area (Å²) < 4.78 is 1.14. The van der Waals surface area contributed by atoms with Crippen LogP contribution in [-0.2, 0) is 6.42 Å². The number of hydrogen-bond donors (Lipinski definition) is 0. The molecule has 0 N–H and O–H groups in total. The van der Waals surface area contributed by atoms with Crippen molar-refractivity contribution in [2.24, 2.45) is 0 Å². The van der Waals surface area contributed by atoms with E-state index in [1.807, 2.05) is 0 Å². The minimum absolute atomic E-state index is 1.01. The molecule has 0 aromatic heterocycles. The number of para-hydroxylation sites is 1. The maximum atomic E-state index is 3.50. The van der Waals surface area contributed by atoms with Crippen molar-refractivity contribution >= 4 is 21.6 Å². The molecule has 2 heteroatoms. The second-order valence-corrected chi connectivity index (χ2v) is 6.40. The third-order valence-electron chi connectivity index (χ3n) is 4.00. The van der Waals surface area contributed by atoms with Crippen molar-refractivity contribution in [1.29, 1.82) is 0 Å². The Bertz CT molecular complexity index is 556. The Morgan fingerprint density at radius 1 is 0.850 bits per heavy atom. The molecule has 0 bridgehead atoms. The van der Waals surface area contributed by atoms with Crippen LogP contribution in [0.2, 0.25) is 0 Å². The molecule has 0 aliphatic carbocycles. The molecule has 0 saturated carbocycles. The van der Waals surface area contributed by atoms with E-state index in [1.54, 1.807) is 0 Å². The molecule has 1 nitrogen and oxygen atoms in total. The first-order valence-corrected chi connectivity index (χ1v) is 8.19. The third-order valence-corrected chi connectivity index (χ3v) is 4.52. The van der Waals surface area contributed by atoms with Gasteiger partial charge in [0.25, 0.3) is 0 Å². The maximum Gasteiger partial charge on any atom is 0.0402 e. The van der Waals surface area contributed by atoms with Gasteiger partial charge in [-0.05, 0) is 55.0 Å². The molecule has 1 aliphatic heterocycles. The smallest absolute Gasteiger partial charge is 0.0402 e. The van der Waals surface area contributed by atoms with Crippen molar-refractivity contribution in [2.45, 2.75) is 25.7 Å². The van der Waals surface area contributed by atoms with Gasteiger partial charge in [-0.25, -0.2) is 0 Å². The lowest BCUT2D eigenvalue weighted by atomic mass is 10.0. The summed E-state index contributed by atoms with van der Waals surface area (Å²) in [6.45, 7) is 2.41. The Balaban J connectivity index is 1.83. The van der Waals surface area contributed by atoms with E-state index >= 15 is 0 Å². The van der Waals surface area contributed by atoms with Crippen LogP contribution in [0.15, 0.2) is 53.0 Å². The maximum absolute atomic E-state index is 3.50. The fourth-order valence-electron chi connectivity index (χ4n) is 2.93. The van der Waals surface area contributed by atoms with Crippen LogP contribution in [-0.4, -0.2) is 13.1 Å². The summed E-state index contributed by atoms with van der Waals surface area (Å²) in [6, 6.07) is 17.5. The highest BCUT2D eigenvalue weighted by atomic mass is 79.9.